The molecule has 2 saturated heterocycles. The first kappa shape index (κ1) is 17.2. The fourth-order valence-electron chi connectivity index (χ4n) is 2.89. The maximum Gasteiger partial charge on any atom is 0.227 e. The van der Waals surface area contributed by atoms with Gasteiger partial charge in [0.2, 0.25) is 11.8 Å². The van der Waals surface area contributed by atoms with E-state index in [4.69, 9.17) is 9.47 Å². The number of carbonyl (C=O) groups is 2. The number of nitrogens with one attached hydrogen (secondary N) is 2. The van der Waals surface area contributed by atoms with E-state index in [9.17, 15) is 9.59 Å². The van der Waals surface area contributed by atoms with Gasteiger partial charge >= 0.3 is 0 Å². The van der Waals surface area contributed by atoms with Crippen molar-refractivity contribution in [2.75, 3.05) is 19.8 Å². The van der Waals surface area contributed by atoms with Crippen LogP contribution in [0.4, 0.5) is 0 Å². The Bertz CT molecular complexity index is 396. The van der Waals surface area contributed by atoms with Gasteiger partial charge in [-0.15, -0.1) is 0 Å². The van der Waals surface area contributed by atoms with Crippen molar-refractivity contribution in [3.63, 3.8) is 0 Å². The standard InChI is InChI=1S/C16H28N2O4/c1-10(2)17-15(19)12-4-5-22-14(7-12)6-11(3)18-16(20)13-8-21-9-13/h10-14H,4-9H2,1-3H3,(H,17,19)(H,18,20). The van der Waals surface area contributed by atoms with Gasteiger partial charge in [0.15, 0.2) is 0 Å². The van der Waals surface area contributed by atoms with Gasteiger partial charge in [-0.2, -0.15) is 0 Å². The Hall–Kier alpha value is -1.14. The van der Waals surface area contributed by atoms with Crippen LogP contribution in [0, 0.1) is 11.8 Å². The zero-order chi connectivity index (χ0) is 16.1. The van der Waals surface area contributed by atoms with Crippen LogP contribution in [0.5, 0.6) is 0 Å². The summed E-state index contributed by atoms with van der Waals surface area (Å²) < 4.78 is 10.8. The summed E-state index contributed by atoms with van der Waals surface area (Å²) in [6.45, 7) is 7.58. The summed E-state index contributed by atoms with van der Waals surface area (Å²) in [6, 6.07) is 0.210. The lowest BCUT2D eigenvalue weighted by Gasteiger charge is -2.32. The first-order valence-corrected chi connectivity index (χ1v) is 8.25. The predicted octanol–water partition coefficient (Wildman–Crippen LogP) is 0.847. The van der Waals surface area contributed by atoms with Crippen LogP contribution in [-0.4, -0.2) is 49.8 Å². The molecular formula is C16H28N2O4. The van der Waals surface area contributed by atoms with Crippen LogP contribution >= 0.6 is 0 Å². The van der Waals surface area contributed by atoms with Gasteiger partial charge < -0.3 is 20.1 Å². The third-order valence-electron chi connectivity index (χ3n) is 4.18. The van der Waals surface area contributed by atoms with E-state index < -0.39 is 0 Å². The molecule has 2 rings (SSSR count). The van der Waals surface area contributed by atoms with E-state index in [1.807, 2.05) is 20.8 Å². The largest absolute Gasteiger partial charge is 0.380 e. The number of rotatable bonds is 6. The lowest BCUT2D eigenvalue weighted by atomic mass is 9.91. The molecule has 0 aromatic rings. The van der Waals surface area contributed by atoms with E-state index in [1.165, 1.54) is 0 Å². The van der Waals surface area contributed by atoms with Crippen molar-refractivity contribution in [3.05, 3.63) is 0 Å². The fraction of sp³-hybridized carbons (Fsp3) is 0.875. The smallest absolute Gasteiger partial charge is 0.227 e. The first-order chi connectivity index (χ1) is 10.5. The summed E-state index contributed by atoms with van der Waals surface area (Å²) >= 11 is 0. The second-order valence-electron chi connectivity index (χ2n) is 6.76. The molecule has 2 heterocycles. The predicted molar refractivity (Wildman–Crippen MR) is 82.3 cm³/mol. The normalized spacial score (nSPS) is 27.1. The lowest BCUT2D eigenvalue weighted by molar-refractivity contribution is -0.140. The zero-order valence-corrected chi connectivity index (χ0v) is 13.8. The monoisotopic (exact) mass is 312 g/mol. The maximum atomic E-state index is 12.1. The molecule has 22 heavy (non-hydrogen) atoms. The summed E-state index contributed by atoms with van der Waals surface area (Å²) in [6.07, 6.45) is 2.27. The Kier molecular flexibility index (Phi) is 6.20. The van der Waals surface area contributed by atoms with Crippen molar-refractivity contribution in [3.8, 4) is 0 Å². The highest BCUT2D eigenvalue weighted by Gasteiger charge is 2.31. The number of amides is 2. The second-order valence-corrected chi connectivity index (χ2v) is 6.76. The molecule has 0 saturated carbocycles. The maximum absolute atomic E-state index is 12.1. The van der Waals surface area contributed by atoms with Crippen molar-refractivity contribution in [2.24, 2.45) is 11.8 Å². The summed E-state index contributed by atoms with van der Waals surface area (Å²) in [5.74, 6) is 0.193. The number of ether oxygens (including phenoxy) is 2. The van der Waals surface area contributed by atoms with Crippen LogP contribution in [-0.2, 0) is 19.1 Å². The van der Waals surface area contributed by atoms with Crippen LogP contribution in [0.3, 0.4) is 0 Å². The third-order valence-corrected chi connectivity index (χ3v) is 4.18. The fourth-order valence-corrected chi connectivity index (χ4v) is 2.89. The molecule has 0 spiro atoms. The molecule has 0 radical (unpaired) electrons. The van der Waals surface area contributed by atoms with Crippen molar-refractivity contribution in [1.82, 2.24) is 10.6 Å². The average molecular weight is 312 g/mol. The molecular weight excluding hydrogens is 284 g/mol. The van der Waals surface area contributed by atoms with Crippen molar-refractivity contribution < 1.29 is 19.1 Å². The highest BCUT2D eigenvalue weighted by Crippen LogP contribution is 2.23. The van der Waals surface area contributed by atoms with Gasteiger partial charge in [-0.25, -0.2) is 0 Å². The van der Waals surface area contributed by atoms with Crippen LogP contribution in [0.25, 0.3) is 0 Å². The van der Waals surface area contributed by atoms with Crippen molar-refractivity contribution in [1.29, 1.82) is 0 Å². The minimum atomic E-state index is -0.000655. The number of hydrogen-bond donors (Lipinski definition) is 2. The summed E-state index contributed by atoms with van der Waals surface area (Å²) in [5, 5.41) is 5.98. The minimum Gasteiger partial charge on any atom is -0.380 e. The van der Waals surface area contributed by atoms with E-state index in [-0.39, 0.29) is 41.8 Å². The van der Waals surface area contributed by atoms with Crippen LogP contribution in [0.1, 0.15) is 40.0 Å². The molecule has 3 unspecified atom stereocenters. The molecule has 0 aromatic carbocycles. The molecule has 6 heteroatoms. The summed E-state index contributed by atoms with van der Waals surface area (Å²) in [4.78, 5) is 24.0. The minimum absolute atomic E-state index is 0.000655. The van der Waals surface area contributed by atoms with E-state index >= 15 is 0 Å². The summed E-state index contributed by atoms with van der Waals surface area (Å²) in [7, 11) is 0. The Morgan fingerprint density at radius 2 is 1.77 bits per heavy atom. The molecule has 0 aromatic heterocycles. The molecule has 3 atom stereocenters. The van der Waals surface area contributed by atoms with Crippen molar-refractivity contribution >= 4 is 11.8 Å². The van der Waals surface area contributed by atoms with Crippen LogP contribution in [0.2, 0.25) is 0 Å². The van der Waals surface area contributed by atoms with Gasteiger partial charge in [-0.05, 0) is 40.0 Å². The topological polar surface area (TPSA) is 76.7 Å². The molecule has 2 N–H and O–H groups in total. The molecule has 2 amide bonds. The first-order valence-electron chi connectivity index (χ1n) is 8.25. The van der Waals surface area contributed by atoms with E-state index in [0.717, 1.165) is 19.3 Å². The Balaban J connectivity index is 1.74. The van der Waals surface area contributed by atoms with Gasteiger partial charge in [-0.1, -0.05) is 0 Å². The highest BCUT2D eigenvalue weighted by molar-refractivity contribution is 5.80. The molecule has 6 nitrogen and oxygen atoms in total. The lowest BCUT2D eigenvalue weighted by Crippen LogP contribution is -2.47. The molecule has 126 valence electrons. The van der Waals surface area contributed by atoms with Crippen molar-refractivity contribution in [2.45, 2.75) is 58.2 Å². The average Bonchev–Trinajstić information content (AvgIpc) is 2.35. The molecule has 2 fully saturated rings. The van der Waals surface area contributed by atoms with Crippen LogP contribution in [0.15, 0.2) is 0 Å². The number of carbonyl (C=O) groups excluding carboxylic acids is 2. The molecule has 2 aliphatic rings. The van der Waals surface area contributed by atoms with Gasteiger partial charge in [0.25, 0.3) is 0 Å². The molecule has 0 aliphatic carbocycles. The number of hydrogen-bond acceptors (Lipinski definition) is 4. The third kappa shape index (κ3) is 4.95. The Morgan fingerprint density at radius 3 is 2.36 bits per heavy atom. The van der Waals surface area contributed by atoms with E-state index in [1.54, 1.807) is 0 Å². The van der Waals surface area contributed by atoms with Gasteiger partial charge in [0, 0.05) is 24.6 Å². The van der Waals surface area contributed by atoms with Gasteiger partial charge in [-0.3, -0.25) is 9.59 Å². The van der Waals surface area contributed by atoms with Gasteiger partial charge in [0.1, 0.15) is 0 Å². The van der Waals surface area contributed by atoms with E-state index in [2.05, 4.69) is 10.6 Å². The summed E-state index contributed by atoms with van der Waals surface area (Å²) in [5.41, 5.74) is 0. The SMILES string of the molecule is CC(C)NC(=O)C1CCOC(CC(C)NC(=O)C2COC2)C1. The molecule has 0 bridgehead atoms. The Labute approximate surface area is 132 Å². The second kappa shape index (κ2) is 7.92. The zero-order valence-electron chi connectivity index (χ0n) is 13.8. The van der Waals surface area contributed by atoms with E-state index in [0.29, 0.717) is 19.8 Å². The highest BCUT2D eigenvalue weighted by atomic mass is 16.5. The molecule has 2 aliphatic heterocycles. The van der Waals surface area contributed by atoms with Gasteiger partial charge in [0.05, 0.1) is 25.2 Å². The van der Waals surface area contributed by atoms with Crippen LogP contribution < -0.4 is 10.6 Å². The quantitative estimate of drug-likeness (QED) is 0.762. The Morgan fingerprint density at radius 1 is 1.09 bits per heavy atom.